The lowest BCUT2D eigenvalue weighted by molar-refractivity contribution is -0.122. The van der Waals surface area contributed by atoms with Crippen molar-refractivity contribution in [3.63, 3.8) is 0 Å². The number of amides is 1. The largest absolute Gasteiger partial charge is 0.350 e. The number of hydrogen-bond acceptors (Lipinski definition) is 7. The maximum atomic E-state index is 13.2. The summed E-state index contributed by atoms with van der Waals surface area (Å²) in [4.78, 5) is 16.2. The van der Waals surface area contributed by atoms with E-state index in [1.807, 2.05) is 0 Å². The lowest BCUT2D eigenvalue weighted by atomic mass is 10.2. The number of fused-ring (bicyclic) bond motifs is 1. The predicted molar refractivity (Wildman–Crippen MR) is 99.9 cm³/mol. The highest BCUT2D eigenvalue weighted by Crippen LogP contribution is 2.32. The van der Waals surface area contributed by atoms with E-state index in [0.717, 1.165) is 0 Å². The minimum Gasteiger partial charge on any atom is -0.350 e. The summed E-state index contributed by atoms with van der Waals surface area (Å²) in [5, 5.41) is 14.8. The molecule has 1 atom stereocenters. The Bertz CT molecular complexity index is 1120. The first-order chi connectivity index (χ1) is 13.4. The van der Waals surface area contributed by atoms with E-state index in [2.05, 4.69) is 25.8 Å². The molecule has 1 fully saturated rings. The number of benzene rings is 1. The van der Waals surface area contributed by atoms with Crippen LogP contribution in [0, 0.1) is 0 Å². The molecule has 0 aliphatic carbocycles. The third kappa shape index (κ3) is 3.55. The molecule has 0 spiro atoms. The maximum Gasteiger partial charge on any atom is 0.243 e. The van der Waals surface area contributed by atoms with Crippen LogP contribution in [0.25, 0.3) is 10.8 Å². The normalized spacial score (nSPS) is 17.8. The summed E-state index contributed by atoms with van der Waals surface area (Å²) in [5.41, 5.74) is 0. The number of halogens is 1. The average molecular weight is 422 g/mol. The van der Waals surface area contributed by atoms with Crippen molar-refractivity contribution in [2.24, 2.45) is 0 Å². The molecule has 3 aromatic rings. The smallest absolute Gasteiger partial charge is 0.243 e. The molecule has 28 heavy (non-hydrogen) atoms. The van der Waals surface area contributed by atoms with E-state index >= 15 is 0 Å². The Hall–Kier alpha value is -2.63. The summed E-state index contributed by atoms with van der Waals surface area (Å²) >= 11 is 6.22. The van der Waals surface area contributed by atoms with Gasteiger partial charge in [-0.15, -0.1) is 5.10 Å². The molecule has 10 nitrogen and oxygen atoms in total. The van der Waals surface area contributed by atoms with Gasteiger partial charge in [0, 0.05) is 42.3 Å². The molecular formula is C16H16ClN7O3S. The van der Waals surface area contributed by atoms with E-state index in [1.54, 1.807) is 18.3 Å². The van der Waals surface area contributed by atoms with Crippen molar-refractivity contribution in [3.8, 4) is 0 Å². The summed E-state index contributed by atoms with van der Waals surface area (Å²) in [5.74, 6) is -0.282. The van der Waals surface area contributed by atoms with Crippen molar-refractivity contribution in [2.75, 3.05) is 13.1 Å². The Kier molecular flexibility index (Phi) is 4.96. The molecule has 3 heterocycles. The van der Waals surface area contributed by atoms with E-state index in [0.29, 0.717) is 23.7 Å². The van der Waals surface area contributed by atoms with E-state index in [4.69, 9.17) is 11.6 Å². The number of carbonyl (C=O) groups excluding carboxylic acids is 1. The molecule has 2 aromatic heterocycles. The van der Waals surface area contributed by atoms with Crippen LogP contribution in [0.3, 0.4) is 0 Å². The van der Waals surface area contributed by atoms with E-state index in [9.17, 15) is 13.2 Å². The minimum absolute atomic E-state index is 0.0256. The monoisotopic (exact) mass is 421 g/mol. The van der Waals surface area contributed by atoms with Crippen LogP contribution >= 0.6 is 11.6 Å². The number of tetrazole rings is 1. The third-order valence-electron chi connectivity index (χ3n) is 4.53. The highest BCUT2D eigenvalue weighted by Gasteiger charge is 2.34. The van der Waals surface area contributed by atoms with Crippen LogP contribution in [0.2, 0.25) is 5.02 Å². The first-order valence-corrected chi connectivity index (χ1v) is 10.3. The first kappa shape index (κ1) is 18.7. The molecule has 0 bridgehead atoms. The van der Waals surface area contributed by atoms with E-state index < -0.39 is 10.0 Å². The van der Waals surface area contributed by atoms with Crippen molar-refractivity contribution in [1.82, 2.24) is 34.8 Å². The van der Waals surface area contributed by atoms with Gasteiger partial charge in [-0.25, -0.2) is 13.1 Å². The number of pyridine rings is 1. The highest BCUT2D eigenvalue weighted by molar-refractivity contribution is 7.89. The lowest BCUT2D eigenvalue weighted by Gasteiger charge is -2.18. The van der Waals surface area contributed by atoms with Gasteiger partial charge in [-0.2, -0.15) is 4.31 Å². The average Bonchev–Trinajstić information content (AvgIpc) is 3.34. The van der Waals surface area contributed by atoms with Gasteiger partial charge in [0.15, 0.2) is 0 Å². The summed E-state index contributed by atoms with van der Waals surface area (Å²) < 4.78 is 29.0. The van der Waals surface area contributed by atoms with Gasteiger partial charge in [-0.3, -0.25) is 9.78 Å². The Labute approximate surface area is 165 Å². The molecule has 4 rings (SSSR count). The van der Waals surface area contributed by atoms with Crippen LogP contribution in [0.4, 0.5) is 0 Å². The minimum atomic E-state index is -3.77. The third-order valence-corrected chi connectivity index (χ3v) is 6.72. The summed E-state index contributed by atoms with van der Waals surface area (Å²) in [6, 6.07) is 4.67. The molecule has 1 saturated heterocycles. The number of sulfonamides is 1. The molecule has 0 radical (unpaired) electrons. The van der Waals surface area contributed by atoms with Gasteiger partial charge in [0.05, 0.1) is 9.92 Å². The molecular weight excluding hydrogens is 406 g/mol. The van der Waals surface area contributed by atoms with Gasteiger partial charge >= 0.3 is 0 Å². The summed E-state index contributed by atoms with van der Waals surface area (Å²) in [7, 11) is -3.77. The Morgan fingerprint density at radius 2 is 2.18 bits per heavy atom. The molecule has 1 aromatic carbocycles. The van der Waals surface area contributed by atoms with Gasteiger partial charge in [-0.1, -0.05) is 23.7 Å². The number of nitrogens with zero attached hydrogens (tertiary/aromatic N) is 6. The Morgan fingerprint density at radius 3 is 2.96 bits per heavy atom. The van der Waals surface area contributed by atoms with Crippen molar-refractivity contribution in [2.45, 2.75) is 23.9 Å². The molecule has 1 aliphatic heterocycles. The fraction of sp³-hybridized carbons (Fsp3) is 0.312. The maximum absolute atomic E-state index is 13.2. The number of hydrogen-bond donors (Lipinski definition) is 1. The SMILES string of the molecule is O=C(Cn1cnnn1)NC1CCN(S(=O)(=O)c2cccc3cncc(Cl)c23)C1. The topological polar surface area (TPSA) is 123 Å². The number of aromatic nitrogens is 5. The zero-order valence-electron chi connectivity index (χ0n) is 14.6. The van der Waals surface area contributed by atoms with Crippen LogP contribution in [0.5, 0.6) is 0 Å². The van der Waals surface area contributed by atoms with Crippen molar-refractivity contribution < 1.29 is 13.2 Å². The molecule has 1 N–H and O–H groups in total. The Balaban J connectivity index is 1.51. The number of rotatable bonds is 5. The molecule has 12 heteroatoms. The van der Waals surface area contributed by atoms with Crippen LogP contribution in [-0.4, -0.2) is 63.0 Å². The van der Waals surface area contributed by atoms with Crippen molar-refractivity contribution >= 4 is 38.3 Å². The number of nitrogens with one attached hydrogen (secondary N) is 1. The van der Waals surface area contributed by atoms with Gasteiger partial charge in [-0.05, 0) is 22.9 Å². The molecule has 1 unspecified atom stereocenters. The van der Waals surface area contributed by atoms with Crippen LogP contribution in [0.1, 0.15) is 6.42 Å². The van der Waals surface area contributed by atoms with Crippen LogP contribution in [0.15, 0.2) is 41.8 Å². The predicted octanol–water partition coefficient (Wildman–Crippen LogP) is 0.454. The quantitative estimate of drug-likeness (QED) is 0.634. The fourth-order valence-corrected chi connectivity index (χ4v) is 5.31. The van der Waals surface area contributed by atoms with Gasteiger partial charge < -0.3 is 5.32 Å². The second kappa shape index (κ2) is 7.41. The Morgan fingerprint density at radius 1 is 1.32 bits per heavy atom. The molecule has 1 amide bonds. The summed E-state index contributed by atoms with van der Waals surface area (Å²) in [6.07, 6.45) is 4.85. The van der Waals surface area contributed by atoms with Gasteiger partial charge in [0.2, 0.25) is 15.9 Å². The molecule has 146 valence electrons. The lowest BCUT2D eigenvalue weighted by Crippen LogP contribution is -2.40. The zero-order valence-corrected chi connectivity index (χ0v) is 16.1. The van der Waals surface area contributed by atoms with Crippen molar-refractivity contribution in [3.05, 3.63) is 41.9 Å². The van der Waals surface area contributed by atoms with Gasteiger partial charge in [0.25, 0.3) is 0 Å². The van der Waals surface area contributed by atoms with Crippen molar-refractivity contribution in [1.29, 1.82) is 0 Å². The van der Waals surface area contributed by atoms with E-state index in [-0.39, 0.29) is 35.0 Å². The van der Waals surface area contributed by atoms with E-state index in [1.165, 1.54) is 27.6 Å². The number of carbonyl (C=O) groups is 1. The van der Waals surface area contributed by atoms with Gasteiger partial charge in [0.1, 0.15) is 12.9 Å². The first-order valence-electron chi connectivity index (χ1n) is 8.47. The summed E-state index contributed by atoms with van der Waals surface area (Å²) in [6.45, 7) is 0.461. The fourth-order valence-electron chi connectivity index (χ4n) is 3.25. The zero-order chi connectivity index (χ0) is 19.7. The molecule has 1 aliphatic rings. The second-order valence-electron chi connectivity index (χ2n) is 6.40. The second-order valence-corrected chi connectivity index (χ2v) is 8.71. The standard InChI is InChI=1S/C16H16ClN7O3S/c17-13-7-18-6-11-2-1-3-14(16(11)13)28(26,27)24-5-4-12(8-24)20-15(25)9-23-10-19-21-22-23/h1-3,6-7,10,12H,4-5,8-9H2,(H,20,25). The molecule has 0 saturated carbocycles. The van der Waals surface area contributed by atoms with Crippen LogP contribution in [-0.2, 0) is 21.4 Å². The van der Waals surface area contributed by atoms with Crippen LogP contribution < -0.4 is 5.32 Å². The highest BCUT2D eigenvalue weighted by atomic mass is 35.5.